The van der Waals surface area contributed by atoms with Crippen molar-refractivity contribution in [1.82, 2.24) is 0 Å². The minimum absolute atomic E-state index is 0.0683. The fourth-order valence-corrected chi connectivity index (χ4v) is 11.8. The average molecular weight is 1470 g/mol. The second-order valence-electron chi connectivity index (χ2n) is 25.9. The molecular formula is C83H140O17P2. The molecule has 102 heavy (non-hydrogen) atoms. The highest BCUT2D eigenvalue weighted by Gasteiger charge is 2.30. The zero-order valence-corrected chi connectivity index (χ0v) is 65.5. The third kappa shape index (κ3) is 73.5. The summed E-state index contributed by atoms with van der Waals surface area (Å²) < 4.78 is 68.5. The Hall–Kier alpha value is -4.80. The van der Waals surface area contributed by atoms with Crippen LogP contribution in [0.4, 0.5) is 0 Å². The highest BCUT2D eigenvalue weighted by Crippen LogP contribution is 2.45. The number of esters is 4. The van der Waals surface area contributed by atoms with Crippen LogP contribution in [0.2, 0.25) is 0 Å². The molecule has 0 aliphatic carbocycles. The number of allylic oxidation sites excluding steroid dienone is 22. The molecule has 0 aliphatic rings. The molecule has 0 rings (SSSR count). The summed E-state index contributed by atoms with van der Waals surface area (Å²) in [6, 6.07) is 0. The van der Waals surface area contributed by atoms with Crippen molar-refractivity contribution in [3.8, 4) is 0 Å². The first-order valence-corrected chi connectivity index (χ1v) is 42.4. The molecular weight excluding hydrogens is 1330 g/mol. The first-order valence-electron chi connectivity index (χ1n) is 39.4. The Morgan fingerprint density at radius 2 is 0.510 bits per heavy atom. The maximum absolute atomic E-state index is 13.1. The van der Waals surface area contributed by atoms with Gasteiger partial charge in [0, 0.05) is 25.7 Å². The largest absolute Gasteiger partial charge is 0.472 e. The fourth-order valence-electron chi connectivity index (χ4n) is 10.2. The van der Waals surface area contributed by atoms with Crippen molar-refractivity contribution in [3.63, 3.8) is 0 Å². The van der Waals surface area contributed by atoms with E-state index in [4.69, 9.17) is 37.0 Å². The van der Waals surface area contributed by atoms with Crippen molar-refractivity contribution in [2.45, 2.75) is 329 Å². The maximum atomic E-state index is 13.1. The lowest BCUT2D eigenvalue weighted by Gasteiger charge is -2.21. The first-order chi connectivity index (χ1) is 49.7. The summed E-state index contributed by atoms with van der Waals surface area (Å²) >= 11 is 0. The molecule has 5 atom stereocenters. The van der Waals surface area contributed by atoms with Crippen LogP contribution in [0.1, 0.15) is 310 Å². The molecule has 0 aromatic rings. The quantitative estimate of drug-likeness (QED) is 0.0169. The third-order valence-corrected chi connectivity index (χ3v) is 18.0. The van der Waals surface area contributed by atoms with E-state index in [1.54, 1.807) is 0 Å². The molecule has 0 aromatic carbocycles. The Balaban J connectivity index is 5.40. The molecule has 19 heteroatoms. The van der Waals surface area contributed by atoms with E-state index in [1.165, 1.54) is 51.4 Å². The van der Waals surface area contributed by atoms with Gasteiger partial charge in [-0.05, 0) is 135 Å². The Labute approximate surface area is 618 Å². The van der Waals surface area contributed by atoms with E-state index in [2.05, 4.69) is 161 Å². The van der Waals surface area contributed by atoms with Crippen molar-refractivity contribution in [2.24, 2.45) is 0 Å². The molecule has 0 aliphatic heterocycles. The number of phosphoric acid groups is 2. The van der Waals surface area contributed by atoms with E-state index in [9.17, 15) is 43.2 Å². The lowest BCUT2D eigenvalue weighted by molar-refractivity contribution is -0.161. The molecule has 0 heterocycles. The van der Waals surface area contributed by atoms with Gasteiger partial charge in [0.15, 0.2) is 12.2 Å². The molecule has 5 unspecified atom stereocenters. The van der Waals surface area contributed by atoms with Gasteiger partial charge in [0.05, 0.1) is 26.4 Å². The number of aliphatic hydroxyl groups excluding tert-OH is 1. The second kappa shape index (κ2) is 74.5. The monoisotopic (exact) mass is 1470 g/mol. The fraction of sp³-hybridized carbons (Fsp3) is 0.687. The predicted octanol–water partition coefficient (Wildman–Crippen LogP) is 22.9. The van der Waals surface area contributed by atoms with Gasteiger partial charge in [-0.1, -0.05) is 283 Å². The van der Waals surface area contributed by atoms with Crippen LogP contribution in [0.3, 0.4) is 0 Å². The number of rotatable bonds is 73. The standard InChI is InChI=1S/C83H140O17P2/c1-5-9-13-17-21-25-29-33-36-37-38-39-42-45-48-52-56-60-64-68-81(86)94-74-79(100-83(88)70-66-62-58-54-50-46-41-35-31-27-23-19-15-11-7-3)76-98-102(91,92)96-72-77(84)71-95-101(89,90)97-75-78(99-82(87)69-65-61-57-53-49-43-32-28-24-20-16-12-8-4)73-93-80(85)67-63-59-55-51-47-44-40-34-30-26-22-18-14-10-6-2/h9-11,13-15,21-23,25-27,33-36,38-41,47,51,77-79,84H,5-8,12,16-20,24,28-32,37,42-46,48-50,52-76H2,1-4H3,(H,89,90)(H,91,92)/b13-9-,14-10-,15-11-,25-21-,26-22-,27-23-,36-33-,39-38-,40-34-,41-35-,51-47-. The van der Waals surface area contributed by atoms with Gasteiger partial charge >= 0.3 is 39.5 Å². The molecule has 0 saturated heterocycles. The molecule has 0 fully saturated rings. The Morgan fingerprint density at radius 3 is 0.804 bits per heavy atom. The number of ether oxygens (including phenoxy) is 4. The number of aliphatic hydroxyl groups is 1. The molecule has 0 amide bonds. The average Bonchev–Trinajstić information content (AvgIpc) is 0.924. The van der Waals surface area contributed by atoms with E-state index in [1.807, 2.05) is 0 Å². The van der Waals surface area contributed by atoms with Crippen molar-refractivity contribution in [1.29, 1.82) is 0 Å². The molecule has 3 N–H and O–H groups in total. The maximum Gasteiger partial charge on any atom is 0.472 e. The summed E-state index contributed by atoms with van der Waals surface area (Å²) in [6.45, 7) is 4.46. The van der Waals surface area contributed by atoms with E-state index in [0.29, 0.717) is 25.7 Å². The highest BCUT2D eigenvalue weighted by atomic mass is 31.2. The SMILES string of the molecule is CC/C=C\C/C=C\C/C=C\C/C=C\CCCCCCCCC(=O)OCC(COP(=O)(O)OCC(O)COP(=O)(O)OCC(COC(=O)CCCC/C=C\C/C=C\C/C=C\C/C=C\CC)OC(=O)CCCCCCCCCCCCCCC)OC(=O)CCCCCCC/C=C\C/C=C\C/C=C\CC. The van der Waals surface area contributed by atoms with Crippen LogP contribution in [0.15, 0.2) is 134 Å². The Morgan fingerprint density at radius 1 is 0.284 bits per heavy atom. The molecule has 17 nitrogen and oxygen atoms in total. The van der Waals surface area contributed by atoms with Gasteiger partial charge in [0.1, 0.15) is 19.3 Å². The molecule has 0 bridgehead atoms. The first kappa shape index (κ1) is 97.2. The van der Waals surface area contributed by atoms with E-state index >= 15 is 0 Å². The summed E-state index contributed by atoms with van der Waals surface area (Å²) in [5.41, 5.74) is 0. The van der Waals surface area contributed by atoms with Gasteiger partial charge in [-0.3, -0.25) is 37.3 Å². The third-order valence-electron chi connectivity index (χ3n) is 16.1. The number of hydrogen-bond donors (Lipinski definition) is 3. The van der Waals surface area contributed by atoms with Gasteiger partial charge < -0.3 is 33.8 Å². The lowest BCUT2D eigenvalue weighted by atomic mass is 10.0. The lowest BCUT2D eigenvalue weighted by Crippen LogP contribution is -2.30. The summed E-state index contributed by atoms with van der Waals surface area (Å²) in [6.07, 6.45) is 82.9. The van der Waals surface area contributed by atoms with Crippen LogP contribution in [0.5, 0.6) is 0 Å². The number of unbranched alkanes of at least 4 members (excludes halogenated alkanes) is 25. The molecule has 0 saturated carbocycles. The topological polar surface area (TPSA) is 237 Å². The summed E-state index contributed by atoms with van der Waals surface area (Å²) in [7, 11) is -9.98. The molecule has 584 valence electrons. The van der Waals surface area contributed by atoms with Crippen molar-refractivity contribution < 1.29 is 80.2 Å². The minimum atomic E-state index is -4.99. The van der Waals surface area contributed by atoms with E-state index < -0.39 is 97.5 Å². The van der Waals surface area contributed by atoms with Crippen LogP contribution in [0.25, 0.3) is 0 Å². The molecule has 0 spiro atoms. The van der Waals surface area contributed by atoms with Gasteiger partial charge in [-0.2, -0.15) is 0 Å². The number of phosphoric ester groups is 2. The van der Waals surface area contributed by atoms with Gasteiger partial charge in [0.2, 0.25) is 0 Å². The van der Waals surface area contributed by atoms with Crippen molar-refractivity contribution in [3.05, 3.63) is 134 Å². The summed E-state index contributed by atoms with van der Waals surface area (Å²) in [4.78, 5) is 73.0. The zero-order chi connectivity index (χ0) is 74.6. The summed E-state index contributed by atoms with van der Waals surface area (Å²) in [5, 5.41) is 10.6. The van der Waals surface area contributed by atoms with Crippen LogP contribution in [-0.4, -0.2) is 96.7 Å². The van der Waals surface area contributed by atoms with Crippen molar-refractivity contribution in [2.75, 3.05) is 39.6 Å². The van der Waals surface area contributed by atoms with E-state index in [-0.39, 0.29) is 25.7 Å². The zero-order valence-electron chi connectivity index (χ0n) is 63.7. The van der Waals surface area contributed by atoms with Crippen LogP contribution in [0, 0.1) is 0 Å². The van der Waals surface area contributed by atoms with E-state index in [0.717, 1.165) is 180 Å². The number of carbonyl (C=O) groups excluding carboxylic acids is 4. The Kier molecular flexibility index (Phi) is 71.0. The predicted molar refractivity (Wildman–Crippen MR) is 418 cm³/mol. The minimum Gasteiger partial charge on any atom is -0.462 e. The van der Waals surface area contributed by atoms with Crippen LogP contribution >= 0.6 is 15.6 Å². The molecule has 0 radical (unpaired) electrons. The normalized spacial score (nSPS) is 14.6. The van der Waals surface area contributed by atoms with Gasteiger partial charge in [-0.25, -0.2) is 9.13 Å². The number of carbonyl (C=O) groups is 4. The van der Waals surface area contributed by atoms with Crippen LogP contribution in [-0.2, 0) is 65.4 Å². The second-order valence-corrected chi connectivity index (χ2v) is 28.8. The summed E-state index contributed by atoms with van der Waals surface area (Å²) in [5.74, 6) is -2.25. The number of hydrogen-bond acceptors (Lipinski definition) is 15. The molecule has 0 aromatic heterocycles. The van der Waals surface area contributed by atoms with Gasteiger partial charge in [-0.15, -0.1) is 0 Å². The smallest absolute Gasteiger partial charge is 0.462 e. The van der Waals surface area contributed by atoms with Gasteiger partial charge in [0.25, 0.3) is 0 Å². The van der Waals surface area contributed by atoms with Crippen LogP contribution < -0.4 is 0 Å². The van der Waals surface area contributed by atoms with Crippen molar-refractivity contribution >= 4 is 39.5 Å². The Bertz CT molecular complexity index is 2460. The highest BCUT2D eigenvalue weighted by molar-refractivity contribution is 7.47.